The van der Waals surface area contributed by atoms with Crippen LogP contribution >= 0.6 is 11.8 Å². The summed E-state index contributed by atoms with van der Waals surface area (Å²) in [5.74, 6) is 0.398. The summed E-state index contributed by atoms with van der Waals surface area (Å²) in [6, 6.07) is 31.7. The minimum atomic E-state index is -0.158. The Morgan fingerprint density at radius 3 is 2.18 bits per heavy atom. The molecule has 3 aromatic carbocycles. The normalized spacial score (nSPS) is 14.2. The molecule has 0 N–H and O–H groups in total. The van der Waals surface area contributed by atoms with E-state index in [1.54, 1.807) is 24.2 Å². The summed E-state index contributed by atoms with van der Waals surface area (Å²) in [6.45, 7) is 2.07. The Kier molecular flexibility index (Phi) is 6.89. The molecule has 0 aliphatic carbocycles. The quantitative estimate of drug-likeness (QED) is 0.172. The lowest BCUT2D eigenvalue weighted by Crippen LogP contribution is -2.21. The number of hydrogen-bond acceptors (Lipinski definition) is 5. The minimum absolute atomic E-state index is 0.158. The molecule has 1 aliphatic heterocycles. The zero-order valence-electron chi connectivity index (χ0n) is 21.3. The van der Waals surface area contributed by atoms with Crippen molar-refractivity contribution >= 4 is 35.1 Å². The number of aryl methyl sites for hydroxylation is 1. The molecule has 7 heteroatoms. The highest BCUT2D eigenvalue weighted by Crippen LogP contribution is 2.31. The molecule has 0 fully saturated rings. The van der Waals surface area contributed by atoms with E-state index in [9.17, 15) is 4.79 Å². The number of pyridine rings is 1. The van der Waals surface area contributed by atoms with Gasteiger partial charge in [-0.15, -0.1) is 11.8 Å². The third kappa shape index (κ3) is 5.30. The predicted octanol–water partition coefficient (Wildman–Crippen LogP) is 6.82. The molecule has 6 nitrogen and oxygen atoms in total. The van der Waals surface area contributed by atoms with Gasteiger partial charge in [-0.1, -0.05) is 54.1 Å². The first-order valence-corrected chi connectivity index (χ1v) is 13.6. The fourth-order valence-corrected chi connectivity index (χ4v) is 5.18. The summed E-state index contributed by atoms with van der Waals surface area (Å²) in [5.41, 5.74) is 6.68. The zero-order chi connectivity index (χ0) is 26.6. The van der Waals surface area contributed by atoms with Gasteiger partial charge in [0, 0.05) is 40.4 Å². The lowest BCUT2D eigenvalue weighted by molar-refractivity contribution is -0.114. The number of nitrogens with zero attached hydrogens (tertiary/aromatic N) is 5. The fraction of sp³-hybridized carbons (Fsp3) is 0.0625. The number of thioether (sulfide) groups is 1. The Balaban J connectivity index is 1.42. The van der Waals surface area contributed by atoms with Crippen molar-refractivity contribution in [2.75, 3.05) is 10.8 Å². The SMILES string of the molecule is Cc1ccc(SCC2=NN(c3ccccc3)C(=O)C2=Cc2cn(-c3ccccc3)nc2-c2ccncc2)cc1. The van der Waals surface area contributed by atoms with Gasteiger partial charge in [0.15, 0.2) is 0 Å². The predicted molar refractivity (Wildman–Crippen MR) is 158 cm³/mol. The van der Waals surface area contributed by atoms with Crippen LogP contribution in [0, 0.1) is 6.92 Å². The zero-order valence-corrected chi connectivity index (χ0v) is 22.1. The monoisotopic (exact) mass is 527 g/mol. The third-order valence-electron chi connectivity index (χ3n) is 6.37. The molecule has 0 radical (unpaired) electrons. The van der Waals surface area contributed by atoms with Gasteiger partial charge in [0.1, 0.15) is 5.69 Å². The van der Waals surface area contributed by atoms with Crippen LogP contribution < -0.4 is 5.01 Å². The smallest absolute Gasteiger partial charge is 0.267 e. The molecule has 0 spiro atoms. The number of carbonyl (C=O) groups is 1. The fourth-order valence-electron chi connectivity index (χ4n) is 4.34. The second kappa shape index (κ2) is 10.9. The molecular formula is C32H25N5OS. The van der Waals surface area contributed by atoms with Gasteiger partial charge in [0.05, 0.1) is 22.7 Å². The molecule has 0 saturated heterocycles. The van der Waals surface area contributed by atoms with Gasteiger partial charge in [0.25, 0.3) is 5.91 Å². The number of carbonyl (C=O) groups excluding carboxylic acids is 1. The summed E-state index contributed by atoms with van der Waals surface area (Å²) in [6.07, 6.45) is 7.37. The molecular weight excluding hydrogens is 502 g/mol. The van der Waals surface area contributed by atoms with Gasteiger partial charge < -0.3 is 0 Å². The standard InChI is InChI=1S/C32H25N5OS/c1-23-12-14-28(15-13-23)39-22-30-29(32(38)37(34-30)27-10-6-3-7-11-27)20-25-21-36(26-8-4-2-5-9-26)35-31(25)24-16-18-33-19-17-24/h2-21H,22H2,1H3. The van der Waals surface area contributed by atoms with E-state index in [2.05, 4.69) is 36.2 Å². The highest BCUT2D eigenvalue weighted by Gasteiger charge is 2.31. The van der Waals surface area contributed by atoms with Crippen molar-refractivity contribution in [2.24, 2.45) is 5.10 Å². The van der Waals surface area contributed by atoms with Crippen molar-refractivity contribution in [2.45, 2.75) is 11.8 Å². The number of hydrazone groups is 1. The average Bonchev–Trinajstić information content (AvgIpc) is 3.55. The first-order valence-electron chi connectivity index (χ1n) is 12.6. The van der Waals surface area contributed by atoms with Gasteiger partial charge in [-0.25, -0.2) is 4.68 Å². The van der Waals surface area contributed by atoms with Crippen molar-refractivity contribution in [3.63, 3.8) is 0 Å². The number of hydrogen-bond donors (Lipinski definition) is 0. The maximum absolute atomic E-state index is 13.8. The Labute approximate surface area is 231 Å². The molecule has 2 aromatic heterocycles. The van der Waals surface area contributed by atoms with E-state index < -0.39 is 0 Å². The van der Waals surface area contributed by atoms with E-state index in [0.29, 0.717) is 11.3 Å². The van der Waals surface area contributed by atoms with E-state index in [0.717, 1.165) is 38.8 Å². The molecule has 39 heavy (non-hydrogen) atoms. The maximum atomic E-state index is 13.8. The van der Waals surface area contributed by atoms with Gasteiger partial charge in [-0.3, -0.25) is 9.78 Å². The van der Waals surface area contributed by atoms with Crippen molar-refractivity contribution in [1.29, 1.82) is 0 Å². The van der Waals surface area contributed by atoms with Crippen LogP contribution in [0.25, 0.3) is 23.0 Å². The molecule has 3 heterocycles. The van der Waals surface area contributed by atoms with E-state index in [4.69, 9.17) is 10.2 Å². The van der Waals surface area contributed by atoms with Gasteiger partial charge in [0.2, 0.25) is 0 Å². The van der Waals surface area contributed by atoms with E-state index in [1.165, 1.54) is 10.6 Å². The maximum Gasteiger partial charge on any atom is 0.280 e. The number of amides is 1. The number of para-hydroxylation sites is 2. The van der Waals surface area contributed by atoms with Gasteiger partial charge in [-0.05, 0) is 61.5 Å². The second-order valence-electron chi connectivity index (χ2n) is 9.11. The van der Waals surface area contributed by atoms with E-state index in [-0.39, 0.29) is 5.91 Å². The van der Waals surface area contributed by atoms with E-state index in [1.807, 2.05) is 89.8 Å². The molecule has 5 aromatic rings. The number of rotatable bonds is 7. The molecule has 6 rings (SSSR count). The Morgan fingerprint density at radius 1 is 0.821 bits per heavy atom. The van der Waals surface area contributed by atoms with Crippen molar-refractivity contribution < 1.29 is 4.79 Å². The van der Waals surface area contributed by atoms with Crippen LogP contribution in [0.1, 0.15) is 11.1 Å². The first kappa shape index (κ1) is 24.6. The van der Waals surface area contributed by atoms with Crippen LogP contribution in [0.5, 0.6) is 0 Å². The van der Waals surface area contributed by atoms with Crippen molar-refractivity contribution in [3.8, 4) is 16.9 Å². The Bertz CT molecular complexity index is 1660. The Morgan fingerprint density at radius 2 is 1.49 bits per heavy atom. The molecule has 190 valence electrons. The van der Waals surface area contributed by atoms with Crippen LogP contribution in [0.15, 0.2) is 131 Å². The molecule has 1 amide bonds. The van der Waals surface area contributed by atoms with Gasteiger partial charge >= 0.3 is 0 Å². The van der Waals surface area contributed by atoms with Crippen LogP contribution in [0.3, 0.4) is 0 Å². The summed E-state index contributed by atoms with van der Waals surface area (Å²) in [7, 11) is 0. The van der Waals surface area contributed by atoms with Gasteiger partial charge in [-0.2, -0.15) is 15.2 Å². The number of benzene rings is 3. The lowest BCUT2D eigenvalue weighted by atomic mass is 10.0. The van der Waals surface area contributed by atoms with Crippen molar-refractivity contribution in [1.82, 2.24) is 14.8 Å². The molecule has 0 bridgehead atoms. The molecule has 0 unspecified atom stereocenters. The lowest BCUT2D eigenvalue weighted by Gasteiger charge is -2.10. The Hall–Kier alpha value is -4.75. The molecule has 0 saturated carbocycles. The largest absolute Gasteiger partial charge is 0.280 e. The highest BCUT2D eigenvalue weighted by molar-refractivity contribution is 8.00. The molecule has 1 aliphatic rings. The first-order chi connectivity index (χ1) is 19.2. The minimum Gasteiger partial charge on any atom is -0.267 e. The van der Waals surface area contributed by atoms with Crippen LogP contribution in [-0.4, -0.2) is 32.1 Å². The second-order valence-corrected chi connectivity index (χ2v) is 10.2. The number of aromatic nitrogens is 3. The summed E-state index contributed by atoms with van der Waals surface area (Å²) >= 11 is 1.66. The third-order valence-corrected chi connectivity index (χ3v) is 7.39. The van der Waals surface area contributed by atoms with Crippen molar-refractivity contribution in [3.05, 3.63) is 132 Å². The molecule has 0 atom stereocenters. The van der Waals surface area contributed by atoms with E-state index >= 15 is 0 Å². The summed E-state index contributed by atoms with van der Waals surface area (Å²) in [5, 5.41) is 11.2. The topological polar surface area (TPSA) is 63.4 Å². The summed E-state index contributed by atoms with van der Waals surface area (Å²) < 4.78 is 1.84. The van der Waals surface area contributed by atoms with Crippen LogP contribution in [0.2, 0.25) is 0 Å². The number of anilines is 1. The van der Waals surface area contributed by atoms with Crippen LogP contribution in [-0.2, 0) is 4.79 Å². The average molecular weight is 528 g/mol. The summed E-state index contributed by atoms with van der Waals surface area (Å²) in [4.78, 5) is 19.1. The van der Waals surface area contributed by atoms with Crippen LogP contribution in [0.4, 0.5) is 5.69 Å². The highest BCUT2D eigenvalue weighted by atomic mass is 32.2.